The van der Waals surface area contributed by atoms with Crippen LogP contribution < -0.4 is 5.32 Å². The van der Waals surface area contributed by atoms with Crippen molar-refractivity contribution < 1.29 is 9.18 Å². The molecule has 0 aliphatic heterocycles. The van der Waals surface area contributed by atoms with Gasteiger partial charge in [0.15, 0.2) is 4.96 Å². The van der Waals surface area contributed by atoms with Crippen LogP contribution in [-0.4, -0.2) is 15.3 Å². The Kier molecular flexibility index (Phi) is 4.03. The number of nitrogens with zero attached hydrogens (tertiary/aromatic N) is 2. The summed E-state index contributed by atoms with van der Waals surface area (Å²) in [6.45, 7) is 0. The van der Waals surface area contributed by atoms with Crippen LogP contribution in [0.3, 0.4) is 0 Å². The predicted octanol–water partition coefficient (Wildman–Crippen LogP) is 4.38. The van der Waals surface area contributed by atoms with Crippen LogP contribution in [0.4, 0.5) is 10.1 Å². The number of hydrogen-bond donors (Lipinski definition) is 1. The van der Waals surface area contributed by atoms with Gasteiger partial charge in [-0.1, -0.05) is 24.3 Å². The number of thiazole rings is 1. The molecular formula is C19H14FN3OS. The zero-order chi connectivity index (χ0) is 17.2. The lowest BCUT2D eigenvalue weighted by Gasteiger charge is -2.06. The Morgan fingerprint density at radius 2 is 2.04 bits per heavy atom. The fourth-order valence-electron chi connectivity index (χ4n) is 2.63. The predicted molar refractivity (Wildman–Crippen MR) is 97.2 cm³/mol. The van der Waals surface area contributed by atoms with Crippen molar-refractivity contribution in [3.05, 3.63) is 77.7 Å². The lowest BCUT2D eigenvalue weighted by Crippen LogP contribution is -2.14. The van der Waals surface area contributed by atoms with Crippen molar-refractivity contribution in [2.75, 3.05) is 5.32 Å². The molecule has 1 N–H and O–H groups in total. The highest BCUT2D eigenvalue weighted by Crippen LogP contribution is 2.23. The van der Waals surface area contributed by atoms with E-state index in [-0.39, 0.29) is 18.1 Å². The first-order chi connectivity index (χ1) is 12.2. The van der Waals surface area contributed by atoms with Crippen molar-refractivity contribution in [1.82, 2.24) is 9.38 Å². The third-order valence-electron chi connectivity index (χ3n) is 3.81. The molecule has 0 spiro atoms. The molecule has 2 aromatic carbocycles. The van der Waals surface area contributed by atoms with E-state index in [1.807, 2.05) is 46.4 Å². The molecule has 2 heterocycles. The molecule has 4 aromatic rings. The molecule has 124 valence electrons. The van der Waals surface area contributed by atoms with Gasteiger partial charge in [-0.3, -0.25) is 9.20 Å². The number of anilines is 1. The number of carbonyl (C=O) groups is 1. The first-order valence-electron chi connectivity index (χ1n) is 7.74. The van der Waals surface area contributed by atoms with Crippen LogP contribution in [0.5, 0.6) is 0 Å². The van der Waals surface area contributed by atoms with Gasteiger partial charge in [-0.05, 0) is 29.8 Å². The third kappa shape index (κ3) is 3.44. The fraction of sp³-hybridized carbons (Fsp3) is 0.0526. The smallest absolute Gasteiger partial charge is 0.228 e. The molecule has 0 unspecified atom stereocenters. The molecule has 1 amide bonds. The summed E-state index contributed by atoms with van der Waals surface area (Å²) < 4.78 is 15.1. The maximum atomic E-state index is 13.2. The highest BCUT2D eigenvalue weighted by molar-refractivity contribution is 7.15. The van der Waals surface area contributed by atoms with Gasteiger partial charge in [0.2, 0.25) is 5.91 Å². The number of hydrogen-bond acceptors (Lipinski definition) is 3. The maximum Gasteiger partial charge on any atom is 0.228 e. The molecule has 0 bridgehead atoms. The van der Waals surface area contributed by atoms with Crippen LogP contribution in [0.1, 0.15) is 5.56 Å². The van der Waals surface area contributed by atoms with Gasteiger partial charge in [0.05, 0.1) is 12.1 Å². The Bertz CT molecular complexity index is 1010. The molecule has 2 aromatic heterocycles. The highest BCUT2D eigenvalue weighted by atomic mass is 32.1. The minimum absolute atomic E-state index is 0.136. The van der Waals surface area contributed by atoms with E-state index in [9.17, 15) is 9.18 Å². The molecule has 4 rings (SSSR count). The number of benzene rings is 2. The van der Waals surface area contributed by atoms with E-state index >= 15 is 0 Å². The quantitative estimate of drug-likeness (QED) is 0.593. The molecule has 0 radical (unpaired) electrons. The Labute approximate surface area is 147 Å². The van der Waals surface area contributed by atoms with E-state index in [1.165, 1.54) is 12.1 Å². The van der Waals surface area contributed by atoms with E-state index in [1.54, 1.807) is 23.5 Å². The molecule has 4 nitrogen and oxygen atoms in total. The van der Waals surface area contributed by atoms with E-state index in [0.29, 0.717) is 11.3 Å². The third-order valence-corrected chi connectivity index (χ3v) is 4.58. The van der Waals surface area contributed by atoms with Crippen LogP contribution in [0.25, 0.3) is 16.2 Å². The minimum atomic E-state index is -0.338. The molecule has 0 saturated heterocycles. The number of nitrogens with one attached hydrogen (secondary N) is 1. The van der Waals surface area contributed by atoms with Gasteiger partial charge in [-0.15, -0.1) is 11.3 Å². The number of rotatable bonds is 4. The molecule has 0 fully saturated rings. The number of halogens is 1. The Morgan fingerprint density at radius 1 is 1.20 bits per heavy atom. The number of amides is 1. The molecule has 25 heavy (non-hydrogen) atoms. The average molecular weight is 351 g/mol. The molecule has 0 aliphatic rings. The summed E-state index contributed by atoms with van der Waals surface area (Å²) >= 11 is 1.58. The molecule has 0 saturated carbocycles. The van der Waals surface area contributed by atoms with E-state index < -0.39 is 0 Å². The minimum Gasteiger partial charge on any atom is -0.326 e. The van der Waals surface area contributed by atoms with Gasteiger partial charge in [0.1, 0.15) is 5.82 Å². The summed E-state index contributed by atoms with van der Waals surface area (Å²) in [5, 5.41) is 4.81. The van der Waals surface area contributed by atoms with Gasteiger partial charge in [-0.2, -0.15) is 0 Å². The number of imidazole rings is 1. The van der Waals surface area contributed by atoms with Crippen molar-refractivity contribution in [3.8, 4) is 11.3 Å². The van der Waals surface area contributed by atoms with Crippen molar-refractivity contribution >= 4 is 27.9 Å². The van der Waals surface area contributed by atoms with Crippen LogP contribution in [0.15, 0.2) is 66.3 Å². The van der Waals surface area contributed by atoms with Crippen LogP contribution in [0, 0.1) is 5.82 Å². The zero-order valence-electron chi connectivity index (χ0n) is 13.1. The maximum absolute atomic E-state index is 13.2. The van der Waals surface area contributed by atoms with E-state index in [4.69, 9.17) is 0 Å². The van der Waals surface area contributed by atoms with Gasteiger partial charge in [-0.25, -0.2) is 9.37 Å². The van der Waals surface area contributed by atoms with Crippen molar-refractivity contribution in [2.45, 2.75) is 6.42 Å². The lowest BCUT2D eigenvalue weighted by molar-refractivity contribution is -0.115. The summed E-state index contributed by atoms with van der Waals surface area (Å²) in [6.07, 6.45) is 4.08. The summed E-state index contributed by atoms with van der Waals surface area (Å²) in [6, 6.07) is 13.6. The standard InChI is InChI=1S/C19H14FN3OS/c20-15-3-1-2-13(10-15)11-18(24)21-16-6-4-14(5-7-16)17-12-23-8-9-25-19(23)22-17/h1-10,12H,11H2,(H,21,24). The number of aromatic nitrogens is 2. The first-order valence-corrected chi connectivity index (χ1v) is 8.62. The van der Waals surface area contributed by atoms with E-state index in [0.717, 1.165) is 16.2 Å². The Hall–Kier alpha value is -2.99. The zero-order valence-corrected chi connectivity index (χ0v) is 14.0. The normalized spacial score (nSPS) is 10.9. The molecule has 0 aliphatic carbocycles. The molecule has 0 atom stereocenters. The van der Waals surface area contributed by atoms with Gasteiger partial charge < -0.3 is 5.32 Å². The molecule has 6 heteroatoms. The summed E-state index contributed by atoms with van der Waals surface area (Å²) in [5.41, 5.74) is 3.22. The van der Waals surface area contributed by atoms with Crippen molar-refractivity contribution in [3.63, 3.8) is 0 Å². The van der Waals surface area contributed by atoms with Gasteiger partial charge in [0, 0.05) is 29.0 Å². The summed E-state index contributed by atoms with van der Waals surface area (Å²) in [4.78, 5) is 17.6. The Balaban J connectivity index is 1.44. The molecular weight excluding hydrogens is 337 g/mol. The lowest BCUT2D eigenvalue weighted by atomic mass is 10.1. The largest absolute Gasteiger partial charge is 0.326 e. The summed E-state index contributed by atoms with van der Waals surface area (Å²) in [7, 11) is 0. The summed E-state index contributed by atoms with van der Waals surface area (Å²) in [5.74, 6) is -0.518. The van der Waals surface area contributed by atoms with E-state index in [2.05, 4.69) is 10.3 Å². The second-order valence-electron chi connectivity index (χ2n) is 5.65. The van der Waals surface area contributed by atoms with Crippen LogP contribution in [0.2, 0.25) is 0 Å². The SMILES string of the molecule is O=C(Cc1cccc(F)c1)Nc1ccc(-c2cn3ccsc3n2)cc1. The van der Waals surface area contributed by atoms with Crippen molar-refractivity contribution in [1.29, 1.82) is 0 Å². The average Bonchev–Trinajstić information content (AvgIpc) is 3.17. The number of fused-ring (bicyclic) bond motifs is 1. The number of carbonyl (C=O) groups excluding carboxylic acids is 1. The topological polar surface area (TPSA) is 46.4 Å². The Morgan fingerprint density at radius 3 is 2.80 bits per heavy atom. The second-order valence-corrected chi connectivity index (χ2v) is 6.52. The van der Waals surface area contributed by atoms with Gasteiger partial charge >= 0.3 is 0 Å². The van der Waals surface area contributed by atoms with Crippen LogP contribution >= 0.6 is 11.3 Å². The van der Waals surface area contributed by atoms with Crippen LogP contribution in [-0.2, 0) is 11.2 Å². The van der Waals surface area contributed by atoms with Crippen molar-refractivity contribution in [2.24, 2.45) is 0 Å². The second kappa shape index (κ2) is 6.49. The fourth-order valence-corrected chi connectivity index (χ4v) is 3.33. The highest BCUT2D eigenvalue weighted by Gasteiger charge is 2.07. The van der Waals surface area contributed by atoms with Gasteiger partial charge in [0.25, 0.3) is 0 Å². The first kappa shape index (κ1) is 15.5. The monoisotopic (exact) mass is 351 g/mol.